The van der Waals surface area contributed by atoms with Gasteiger partial charge in [-0.2, -0.15) is 5.26 Å². The lowest BCUT2D eigenvalue weighted by molar-refractivity contribution is -0.117. The second-order valence-corrected chi connectivity index (χ2v) is 10.3. The monoisotopic (exact) mass is 535 g/mol. The first-order valence-electron chi connectivity index (χ1n) is 11.4. The van der Waals surface area contributed by atoms with Crippen LogP contribution in [0.3, 0.4) is 0 Å². The predicted molar refractivity (Wildman–Crippen MR) is 147 cm³/mol. The van der Waals surface area contributed by atoms with Gasteiger partial charge in [-0.15, -0.1) is 0 Å². The summed E-state index contributed by atoms with van der Waals surface area (Å²) in [7, 11) is 0. The maximum Gasteiger partial charge on any atom is 0.269 e. The number of hydrogen-bond donors (Lipinski definition) is 1. The van der Waals surface area contributed by atoms with Crippen molar-refractivity contribution in [1.29, 1.82) is 5.26 Å². The summed E-state index contributed by atoms with van der Waals surface area (Å²) < 4.78 is 0. The molecular weight excluding hydrogens is 513 g/mol. The number of aryl methyl sites for hydroxylation is 2. The van der Waals surface area contributed by atoms with Gasteiger partial charge in [-0.25, -0.2) is 0 Å². The van der Waals surface area contributed by atoms with Gasteiger partial charge in [0.15, 0.2) is 0 Å². The lowest BCUT2D eigenvalue weighted by Gasteiger charge is -2.19. The first kappa shape index (κ1) is 25.8. The third-order valence-corrected chi connectivity index (χ3v) is 8.06. The molecule has 1 aliphatic rings. The van der Waals surface area contributed by atoms with Crippen LogP contribution in [-0.2, 0) is 22.4 Å². The number of halogens is 2. The van der Waals surface area contributed by atoms with Gasteiger partial charge in [0.25, 0.3) is 5.91 Å². The van der Waals surface area contributed by atoms with Crippen molar-refractivity contribution in [2.75, 3.05) is 10.2 Å². The highest BCUT2D eigenvalue weighted by Crippen LogP contribution is 2.43. The zero-order valence-electron chi connectivity index (χ0n) is 19.7. The van der Waals surface area contributed by atoms with Gasteiger partial charge in [0, 0.05) is 11.4 Å². The van der Waals surface area contributed by atoms with E-state index in [1.54, 1.807) is 18.2 Å². The summed E-state index contributed by atoms with van der Waals surface area (Å²) in [5.41, 5.74) is 3.77. The van der Waals surface area contributed by atoms with Crippen molar-refractivity contribution < 1.29 is 9.59 Å². The van der Waals surface area contributed by atoms with E-state index in [2.05, 4.69) is 5.32 Å². The molecule has 1 atom stereocenters. The Labute approximate surface area is 224 Å². The molecule has 4 rings (SSSR count). The van der Waals surface area contributed by atoms with Crippen LogP contribution in [0.4, 0.5) is 11.4 Å². The second-order valence-electron chi connectivity index (χ2n) is 8.28. The average Bonchev–Trinajstić information content (AvgIpc) is 3.19. The third-order valence-electron chi connectivity index (χ3n) is 5.94. The maximum atomic E-state index is 13.7. The Morgan fingerprint density at radius 2 is 1.81 bits per heavy atom. The summed E-state index contributed by atoms with van der Waals surface area (Å²) in [6, 6.07) is 22.2. The minimum absolute atomic E-state index is 0.129. The first-order valence-corrected chi connectivity index (χ1v) is 13.0. The fourth-order valence-electron chi connectivity index (χ4n) is 3.91. The number of rotatable bonds is 6. The topological polar surface area (TPSA) is 73.2 Å². The molecule has 1 N–H and O–H groups in total. The van der Waals surface area contributed by atoms with E-state index in [4.69, 9.17) is 23.2 Å². The van der Waals surface area contributed by atoms with Crippen molar-refractivity contribution >= 4 is 58.2 Å². The summed E-state index contributed by atoms with van der Waals surface area (Å²) in [6.07, 6.45) is 1.15. The van der Waals surface area contributed by atoms with Gasteiger partial charge in [0.2, 0.25) is 5.91 Å². The Hall–Kier alpha value is -3.24. The van der Waals surface area contributed by atoms with Crippen LogP contribution in [0.25, 0.3) is 0 Å². The molecule has 1 saturated heterocycles. The van der Waals surface area contributed by atoms with Crippen LogP contribution in [0.2, 0.25) is 10.0 Å². The number of anilines is 2. The minimum Gasteiger partial charge on any atom is -0.321 e. The maximum absolute atomic E-state index is 13.7. The van der Waals surface area contributed by atoms with E-state index in [-0.39, 0.29) is 11.5 Å². The van der Waals surface area contributed by atoms with Crippen molar-refractivity contribution in [2.45, 2.75) is 31.9 Å². The highest BCUT2D eigenvalue weighted by atomic mass is 35.5. The summed E-state index contributed by atoms with van der Waals surface area (Å²) in [5, 5.41) is 13.4. The lowest BCUT2D eigenvalue weighted by atomic mass is 10.1. The van der Waals surface area contributed by atoms with Crippen molar-refractivity contribution in [3.8, 4) is 6.07 Å². The Balaban J connectivity index is 1.76. The summed E-state index contributed by atoms with van der Waals surface area (Å²) in [4.78, 5) is 28.4. The van der Waals surface area contributed by atoms with E-state index in [0.29, 0.717) is 32.9 Å². The van der Waals surface area contributed by atoms with Gasteiger partial charge in [-0.3, -0.25) is 14.5 Å². The minimum atomic E-state index is -0.587. The number of carbonyl (C=O) groups is 2. The van der Waals surface area contributed by atoms with Crippen molar-refractivity contribution in [3.63, 3.8) is 0 Å². The number of thioether (sulfide) groups is 1. The zero-order chi connectivity index (χ0) is 25.8. The third kappa shape index (κ3) is 5.29. The number of para-hydroxylation sites is 1. The Morgan fingerprint density at radius 1 is 1.08 bits per heavy atom. The van der Waals surface area contributed by atoms with E-state index in [1.807, 2.05) is 68.4 Å². The van der Waals surface area contributed by atoms with Gasteiger partial charge in [0.1, 0.15) is 16.7 Å². The number of carbonyl (C=O) groups excluding carboxylic acids is 2. The molecule has 182 valence electrons. The van der Waals surface area contributed by atoms with Crippen LogP contribution < -0.4 is 10.2 Å². The molecule has 0 radical (unpaired) electrons. The molecule has 3 aromatic carbocycles. The number of hydrogen-bond acceptors (Lipinski definition) is 4. The van der Waals surface area contributed by atoms with Crippen LogP contribution in [0.5, 0.6) is 0 Å². The molecule has 0 spiro atoms. The van der Waals surface area contributed by atoms with Crippen LogP contribution in [0.1, 0.15) is 23.6 Å². The molecule has 0 bridgehead atoms. The standard InChI is InChI=1S/C28H23Cl2N3O2S/c1-3-18-11-13-20(14-12-18)33-27(35)24(15-19-8-6-9-22(29)25(19)30)36-28(33)21(16-31)26(34)32-23-10-5-4-7-17(23)2/h4-14,24H,3,15H2,1-2H3,(H,32,34)/b28-21-. The highest BCUT2D eigenvalue weighted by Gasteiger charge is 2.41. The SMILES string of the molecule is CCc1ccc(N2C(=O)C(Cc3cccc(Cl)c3Cl)S/C2=C(/C#N)C(=O)Nc2ccccc2C)cc1. The number of benzene rings is 3. The quantitative estimate of drug-likeness (QED) is 0.274. The molecule has 0 aliphatic carbocycles. The molecule has 2 amide bonds. The van der Waals surface area contributed by atoms with Crippen LogP contribution >= 0.6 is 35.0 Å². The molecule has 0 aromatic heterocycles. The largest absolute Gasteiger partial charge is 0.321 e. The van der Waals surface area contributed by atoms with Crippen LogP contribution in [0, 0.1) is 18.3 Å². The van der Waals surface area contributed by atoms with E-state index in [1.165, 1.54) is 16.7 Å². The molecule has 1 heterocycles. The number of nitrogens with zero attached hydrogens (tertiary/aromatic N) is 2. The summed E-state index contributed by atoms with van der Waals surface area (Å²) >= 11 is 13.8. The van der Waals surface area contributed by atoms with Gasteiger partial charge in [-0.1, -0.05) is 84.4 Å². The normalized spacial score (nSPS) is 16.6. The fourth-order valence-corrected chi connectivity index (χ4v) is 5.60. The molecular formula is C28H23Cl2N3O2S. The zero-order valence-corrected chi connectivity index (χ0v) is 22.0. The Morgan fingerprint density at radius 3 is 2.47 bits per heavy atom. The Bertz CT molecular complexity index is 1400. The van der Waals surface area contributed by atoms with Gasteiger partial charge in [0.05, 0.1) is 15.3 Å². The van der Waals surface area contributed by atoms with Crippen LogP contribution in [0.15, 0.2) is 77.3 Å². The molecule has 1 unspecified atom stereocenters. The molecule has 36 heavy (non-hydrogen) atoms. The van der Waals surface area contributed by atoms with Crippen LogP contribution in [-0.4, -0.2) is 17.1 Å². The van der Waals surface area contributed by atoms with E-state index in [0.717, 1.165) is 23.1 Å². The van der Waals surface area contributed by atoms with Crippen molar-refractivity contribution in [3.05, 3.63) is 104 Å². The van der Waals surface area contributed by atoms with Gasteiger partial charge < -0.3 is 5.32 Å². The summed E-state index contributed by atoms with van der Waals surface area (Å²) in [6.45, 7) is 3.92. The second kappa shape index (κ2) is 11.2. The first-order chi connectivity index (χ1) is 17.3. The molecule has 1 aliphatic heterocycles. The average molecular weight is 536 g/mol. The predicted octanol–water partition coefficient (Wildman–Crippen LogP) is 6.93. The molecule has 1 fully saturated rings. The number of nitriles is 1. The smallest absolute Gasteiger partial charge is 0.269 e. The van der Waals surface area contributed by atoms with Crippen molar-refractivity contribution in [1.82, 2.24) is 0 Å². The molecule has 5 nitrogen and oxygen atoms in total. The number of nitrogens with one attached hydrogen (secondary N) is 1. The fraction of sp³-hybridized carbons (Fsp3) is 0.179. The number of amides is 2. The van der Waals surface area contributed by atoms with Gasteiger partial charge >= 0.3 is 0 Å². The molecule has 8 heteroatoms. The van der Waals surface area contributed by atoms with E-state index >= 15 is 0 Å². The van der Waals surface area contributed by atoms with E-state index in [9.17, 15) is 14.9 Å². The highest BCUT2D eigenvalue weighted by molar-refractivity contribution is 8.05. The summed E-state index contributed by atoms with van der Waals surface area (Å²) in [5.74, 6) is -0.801. The van der Waals surface area contributed by atoms with Gasteiger partial charge in [-0.05, 0) is 60.7 Å². The molecule has 0 saturated carbocycles. The van der Waals surface area contributed by atoms with E-state index < -0.39 is 11.2 Å². The lowest BCUT2D eigenvalue weighted by Crippen LogP contribution is -2.31. The van der Waals surface area contributed by atoms with Crippen molar-refractivity contribution in [2.24, 2.45) is 0 Å². The molecule has 3 aromatic rings. The Kier molecular flexibility index (Phi) is 8.05.